The lowest BCUT2D eigenvalue weighted by Gasteiger charge is -2.08. The summed E-state index contributed by atoms with van der Waals surface area (Å²) in [5.41, 5.74) is 2.14. The van der Waals surface area contributed by atoms with Crippen molar-refractivity contribution in [3.05, 3.63) is 59.0 Å². The minimum Gasteiger partial charge on any atom is -0.463 e. The maximum atomic E-state index is 10.1. The molecule has 2 aromatic rings. The molecule has 0 bridgehead atoms. The highest BCUT2D eigenvalue weighted by Gasteiger charge is 2.13. The zero-order valence-electron chi connectivity index (χ0n) is 9.60. The van der Waals surface area contributed by atoms with E-state index in [0.29, 0.717) is 5.76 Å². The molecule has 2 heteroatoms. The summed E-state index contributed by atoms with van der Waals surface area (Å²) in [6.45, 7) is 3.98. The molecule has 1 unspecified atom stereocenters. The van der Waals surface area contributed by atoms with Gasteiger partial charge in [-0.3, -0.25) is 0 Å². The van der Waals surface area contributed by atoms with Crippen LogP contribution in [0.2, 0.25) is 0 Å². The third-order valence-corrected chi connectivity index (χ3v) is 2.73. The number of aliphatic hydroxyl groups is 1. The van der Waals surface area contributed by atoms with Crippen molar-refractivity contribution in [1.82, 2.24) is 0 Å². The molecule has 1 aromatic carbocycles. The summed E-state index contributed by atoms with van der Waals surface area (Å²) >= 11 is 0. The van der Waals surface area contributed by atoms with Crippen LogP contribution in [0.25, 0.3) is 0 Å². The van der Waals surface area contributed by atoms with E-state index in [1.807, 2.05) is 43.3 Å². The smallest absolute Gasteiger partial charge is 0.137 e. The highest BCUT2D eigenvalue weighted by molar-refractivity contribution is 5.28. The molecule has 0 spiro atoms. The molecule has 16 heavy (non-hydrogen) atoms. The van der Waals surface area contributed by atoms with Crippen molar-refractivity contribution in [1.29, 1.82) is 0 Å². The van der Waals surface area contributed by atoms with E-state index in [-0.39, 0.29) is 0 Å². The lowest BCUT2D eigenvalue weighted by molar-refractivity contribution is 0.187. The lowest BCUT2D eigenvalue weighted by atomic mass is 10.0. The van der Waals surface area contributed by atoms with Gasteiger partial charge in [0.1, 0.15) is 17.6 Å². The summed E-state index contributed by atoms with van der Waals surface area (Å²) in [6.07, 6.45) is 0.343. The van der Waals surface area contributed by atoms with E-state index >= 15 is 0 Å². The van der Waals surface area contributed by atoms with Crippen LogP contribution in [0, 0.1) is 6.92 Å². The third-order valence-electron chi connectivity index (χ3n) is 2.73. The molecule has 0 saturated carbocycles. The summed E-state index contributed by atoms with van der Waals surface area (Å²) in [6, 6.07) is 11.6. The summed E-state index contributed by atoms with van der Waals surface area (Å²) in [5, 5.41) is 10.1. The SMILES string of the molecule is CCc1ccc(C(O)c2ccc(C)o2)cc1. The fraction of sp³-hybridized carbons (Fsp3) is 0.286. The minimum atomic E-state index is -0.667. The first-order chi connectivity index (χ1) is 7.70. The Bertz CT molecular complexity index is 454. The summed E-state index contributed by atoms with van der Waals surface area (Å²) in [7, 11) is 0. The van der Waals surface area contributed by atoms with Gasteiger partial charge in [0.15, 0.2) is 0 Å². The molecule has 2 nitrogen and oxygen atoms in total. The van der Waals surface area contributed by atoms with Crippen molar-refractivity contribution in [3.8, 4) is 0 Å². The van der Waals surface area contributed by atoms with Crippen molar-refractivity contribution in [3.63, 3.8) is 0 Å². The molecule has 2 rings (SSSR count). The number of hydrogen-bond acceptors (Lipinski definition) is 2. The normalized spacial score (nSPS) is 12.7. The standard InChI is InChI=1S/C14H16O2/c1-3-11-5-7-12(8-6-11)14(15)13-9-4-10(2)16-13/h4-9,14-15H,3H2,1-2H3. The van der Waals surface area contributed by atoms with Crippen LogP contribution in [0.3, 0.4) is 0 Å². The second-order valence-corrected chi connectivity index (χ2v) is 3.95. The average Bonchev–Trinajstić information content (AvgIpc) is 2.75. The van der Waals surface area contributed by atoms with Crippen LogP contribution >= 0.6 is 0 Å². The topological polar surface area (TPSA) is 33.4 Å². The fourth-order valence-electron chi connectivity index (χ4n) is 1.70. The van der Waals surface area contributed by atoms with Gasteiger partial charge >= 0.3 is 0 Å². The minimum absolute atomic E-state index is 0.599. The number of furan rings is 1. The van der Waals surface area contributed by atoms with E-state index in [1.165, 1.54) is 5.56 Å². The first-order valence-corrected chi connectivity index (χ1v) is 5.54. The molecule has 0 radical (unpaired) electrons. The van der Waals surface area contributed by atoms with Crippen LogP contribution in [0.1, 0.15) is 35.7 Å². The van der Waals surface area contributed by atoms with Gasteiger partial charge < -0.3 is 9.52 Å². The lowest BCUT2D eigenvalue weighted by Crippen LogP contribution is -1.97. The Kier molecular flexibility index (Phi) is 3.11. The fourth-order valence-corrected chi connectivity index (χ4v) is 1.70. The monoisotopic (exact) mass is 216 g/mol. The molecule has 0 amide bonds. The van der Waals surface area contributed by atoms with Crippen molar-refractivity contribution >= 4 is 0 Å². The quantitative estimate of drug-likeness (QED) is 0.854. The second kappa shape index (κ2) is 4.54. The molecule has 1 N–H and O–H groups in total. The van der Waals surface area contributed by atoms with Gasteiger partial charge in [-0.25, -0.2) is 0 Å². The molecule has 1 atom stereocenters. The van der Waals surface area contributed by atoms with Gasteiger partial charge in [0.05, 0.1) is 0 Å². The van der Waals surface area contributed by atoms with Crippen LogP contribution in [0.4, 0.5) is 0 Å². The molecule has 0 aliphatic heterocycles. The molecule has 0 fully saturated rings. The van der Waals surface area contributed by atoms with Gasteiger partial charge in [0.2, 0.25) is 0 Å². The van der Waals surface area contributed by atoms with Crippen molar-refractivity contribution < 1.29 is 9.52 Å². The van der Waals surface area contributed by atoms with Gasteiger partial charge in [0, 0.05) is 0 Å². The molecule has 84 valence electrons. The highest BCUT2D eigenvalue weighted by Crippen LogP contribution is 2.23. The molecular formula is C14H16O2. The molecule has 0 saturated heterocycles. The Balaban J connectivity index is 2.23. The van der Waals surface area contributed by atoms with Crippen molar-refractivity contribution in [2.75, 3.05) is 0 Å². The predicted octanol–water partition coefficient (Wildman–Crippen LogP) is 3.23. The van der Waals surface area contributed by atoms with Crippen LogP contribution in [-0.2, 0) is 6.42 Å². The Hall–Kier alpha value is -1.54. The summed E-state index contributed by atoms with van der Waals surface area (Å²) < 4.78 is 5.41. The van der Waals surface area contributed by atoms with E-state index in [9.17, 15) is 5.11 Å². The Labute approximate surface area is 95.5 Å². The van der Waals surface area contributed by atoms with Gasteiger partial charge in [-0.2, -0.15) is 0 Å². The van der Waals surface area contributed by atoms with E-state index < -0.39 is 6.10 Å². The van der Waals surface area contributed by atoms with Crippen molar-refractivity contribution in [2.45, 2.75) is 26.4 Å². The van der Waals surface area contributed by atoms with Gasteiger partial charge in [-0.15, -0.1) is 0 Å². The first-order valence-electron chi connectivity index (χ1n) is 5.54. The Morgan fingerprint density at radius 2 is 1.81 bits per heavy atom. The second-order valence-electron chi connectivity index (χ2n) is 3.95. The number of aliphatic hydroxyl groups excluding tert-OH is 1. The summed E-state index contributed by atoms with van der Waals surface area (Å²) in [4.78, 5) is 0. The van der Waals surface area contributed by atoms with E-state index in [4.69, 9.17) is 4.42 Å². The number of aryl methyl sites for hydroxylation is 2. The van der Waals surface area contributed by atoms with Gasteiger partial charge in [-0.1, -0.05) is 31.2 Å². The first kappa shape index (κ1) is 11.0. The zero-order valence-corrected chi connectivity index (χ0v) is 9.60. The van der Waals surface area contributed by atoms with Gasteiger partial charge in [-0.05, 0) is 36.6 Å². The molecular weight excluding hydrogens is 200 g/mol. The largest absolute Gasteiger partial charge is 0.463 e. The Morgan fingerprint density at radius 3 is 2.31 bits per heavy atom. The molecule has 0 aliphatic rings. The van der Waals surface area contributed by atoms with Crippen LogP contribution in [0.5, 0.6) is 0 Å². The maximum Gasteiger partial charge on any atom is 0.137 e. The summed E-state index contributed by atoms with van der Waals surface area (Å²) in [5.74, 6) is 1.42. The van der Waals surface area contributed by atoms with E-state index in [1.54, 1.807) is 0 Å². The Morgan fingerprint density at radius 1 is 1.12 bits per heavy atom. The maximum absolute atomic E-state index is 10.1. The number of benzene rings is 1. The highest BCUT2D eigenvalue weighted by atomic mass is 16.4. The van der Waals surface area contributed by atoms with Crippen LogP contribution in [-0.4, -0.2) is 5.11 Å². The van der Waals surface area contributed by atoms with Crippen LogP contribution < -0.4 is 0 Å². The predicted molar refractivity (Wildman–Crippen MR) is 63.3 cm³/mol. The van der Waals surface area contributed by atoms with E-state index in [0.717, 1.165) is 17.7 Å². The average molecular weight is 216 g/mol. The van der Waals surface area contributed by atoms with Gasteiger partial charge in [0.25, 0.3) is 0 Å². The molecule has 1 heterocycles. The third kappa shape index (κ3) is 2.17. The number of hydrogen-bond donors (Lipinski definition) is 1. The zero-order chi connectivity index (χ0) is 11.5. The molecule has 0 aliphatic carbocycles. The molecule has 1 aromatic heterocycles. The number of rotatable bonds is 3. The van der Waals surface area contributed by atoms with E-state index in [2.05, 4.69) is 6.92 Å². The van der Waals surface area contributed by atoms with Crippen molar-refractivity contribution in [2.24, 2.45) is 0 Å². The van der Waals surface area contributed by atoms with Crippen LogP contribution in [0.15, 0.2) is 40.8 Å².